The number of benzene rings is 2. The molecule has 0 radical (unpaired) electrons. The molecule has 5 heteroatoms. The summed E-state index contributed by atoms with van der Waals surface area (Å²) < 4.78 is 0. The van der Waals surface area contributed by atoms with Gasteiger partial charge in [-0.05, 0) is 59.5 Å². The zero-order chi connectivity index (χ0) is 16.8. The molecule has 24 heavy (non-hydrogen) atoms. The molecule has 0 saturated carbocycles. The topological polar surface area (TPSA) is 68.7 Å². The molecule has 0 saturated heterocycles. The number of aromatic nitrogens is 1. The monoisotopic (exact) mass is 321 g/mol. The molecule has 0 bridgehead atoms. The second kappa shape index (κ2) is 5.46. The molecule has 0 unspecified atom stereocenters. The van der Waals surface area contributed by atoms with Crippen molar-refractivity contribution < 1.29 is 5.11 Å². The summed E-state index contributed by atoms with van der Waals surface area (Å²) >= 11 is 0. The van der Waals surface area contributed by atoms with Crippen LogP contribution in [0.3, 0.4) is 0 Å². The number of fused-ring (bicyclic) bond motifs is 3. The molecule has 1 aromatic heterocycles. The first-order valence-corrected chi connectivity index (χ1v) is 8.07. The van der Waals surface area contributed by atoms with Crippen LogP contribution in [0.1, 0.15) is 16.7 Å². The molecule has 1 aliphatic rings. The molecular weight excluding hydrogens is 302 g/mol. The zero-order valence-corrected chi connectivity index (χ0v) is 13.8. The summed E-state index contributed by atoms with van der Waals surface area (Å²) in [5, 5.41) is 13.8. The molecule has 1 aliphatic heterocycles. The largest absolute Gasteiger partial charge is 0.493 e. The molecule has 4 rings (SSSR count). The Bertz CT molecular complexity index is 959. The highest BCUT2D eigenvalue weighted by molar-refractivity contribution is 6.00. The Hall–Kier alpha value is -2.66. The Morgan fingerprint density at radius 3 is 2.75 bits per heavy atom. The maximum Gasteiger partial charge on any atom is 0.219 e. The van der Waals surface area contributed by atoms with Gasteiger partial charge in [-0.15, -0.1) is 4.91 Å². The number of H-pyrrole nitrogens is 1. The number of aromatic amines is 1. The number of hydrogen-bond donors (Lipinski definition) is 2. The van der Waals surface area contributed by atoms with Crippen LogP contribution in [-0.2, 0) is 13.0 Å². The summed E-state index contributed by atoms with van der Waals surface area (Å²) in [6, 6.07) is 10.2. The van der Waals surface area contributed by atoms with E-state index in [1.54, 1.807) is 0 Å². The van der Waals surface area contributed by atoms with Crippen LogP contribution in [0.4, 0.5) is 5.69 Å². The van der Waals surface area contributed by atoms with Crippen molar-refractivity contribution in [1.29, 1.82) is 0 Å². The van der Waals surface area contributed by atoms with Gasteiger partial charge in [-0.25, -0.2) is 0 Å². The van der Waals surface area contributed by atoms with Crippen LogP contribution in [-0.4, -0.2) is 28.6 Å². The molecule has 122 valence electrons. The summed E-state index contributed by atoms with van der Waals surface area (Å²) in [5.41, 5.74) is 6.83. The lowest BCUT2D eigenvalue weighted by atomic mass is 9.87. The van der Waals surface area contributed by atoms with Gasteiger partial charge in [0.1, 0.15) is 0 Å². The van der Waals surface area contributed by atoms with E-state index in [0.29, 0.717) is 5.39 Å². The summed E-state index contributed by atoms with van der Waals surface area (Å²) in [4.78, 5) is 16.4. The average molecular weight is 321 g/mol. The first-order chi connectivity index (χ1) is 11.6. The van der Waals surface area contributed by atoms with Crippen molar-refractivity contribution in [2.75, 3.05) is 13.6 Å². The van der Waals surface area contributed by atoms with Crippen LogP contribution in [0.15, 0.2) is 35.5 Å². The number of hydrogen-bond acceptors (Lipinski definition) is 4. The molecule has 2 N–H and O–H groups in total. The van der Waals surface area contributed by atoms with Crippen LogP contribution in [0.2, 0.25) is 0 Å². The first-order valence-electron chi connectivity index (χ1n) is 8.07. The van der Waals surface area contributed by atoms with Crippen molar-refractivity contribution in [3.63, 3.8) is 0 Å². The van der Waals surface area contributed by atoms with Gasteiger partial charge in [0.2, 0.25) is 5.88 Å². The van der Waals surface area contributed by atoms with E-state index in [9.17, 15) is 10.0 Å². The fraction of sp³-hybridized carbons (Fsp3) is 0.263. The van der Waals surface area contributed by atoms with Gasteiger partial charge in [0.15, 0.2) is 5.69 Å². The fourth-order valence-corrected chi connectivity index (χ4v) is 3.73. The van der Waals surface area contributed by atoms with Crippen molar-refractivity contribution >= 4 is 16.6 Å². The Kier molecular flexibility index (Phi) is 3.39. The number of nitroso groups, excluding NO2 is 1. The second-order valence-electron chi connectivity index (χ2n) is 6.52. The van der Waals surface area contributed by atoms with Crippen LogP contribution >= 0.6 is 0 Å². The van der Waals surface area contributed by atoms with E-state index < -0.39 is 0 Å². The predicted molar refractivity (Wildman–Crippen MR) is 95.6 cm³/mol. The Morgan fingerprint density at radius 2 is 2.00 bits per heavy atom. The third-order valence-corrected chi connectivity index (χ3v) is 4.97. The van der Waals surface area contributed by atoms with E-state index in [1.807, 2.05) is 18.2 Å². The Labute approximate surface area is 139 Å². The van der Waals surface area contributed by atoms with Gasteiger partial charge in [-0.3, -0.25) is 0 Å². The normalized spacial score (nSPS) is 14.8. The highest BCUT2D eigenvalue weighted by Crippen LogP contribution is 2.43. The fourth-order valence-electron chi connectivity index (χ4n) is 3.73. The van der Waals surface area contributed by atoms with Gasteiger partial charge in [-0.2, -0.15) is 0 Å². The zero-order valence-electron chi connectivity index (χ0n) is 13.8. The van der Waals surface area contributed by atoms with E-state index in [2.05, 4.69) is 41.2 Å². The maximum absolute atomic E-state index is 11.2. The standard InChI is InChI=1S/C19H19N3O2/c1-11-5-3-4-6-12(11)14-9-15-17(20-19(23)18(15)21-24)16-10-22(2)8-7-13(14)16/h3-6,9,20,23H,7-8,10H2,1-2H3. The minimum Gasteiger partial charge on any atom is -0.493 e. The highest BCUT2D eigenvalue weighted by Gasteiger charge is 2.24. The lowest BCUT2D eigenvalue weighted by Gasteiger charge is -2.28. The Morgan fingerprint density at radius 1 is 1.21 bits per heavy atom. The number of rotatable bonds is 2. The third kappa shape index (κ3) is 2.12. The quantitative estimate of drug-likeness (QED) is 0.694. The third-order valence-electron chi connectivity index (χ3n) is 4.97. The Balaban J connectivity index is 2.10. The molecular formula is C19H19N3O2. The van der Waals surface area contributed by atoms with E-state index in [0.717, 1.165) is 41.7 Å². The lowest BCUT2D eigenvalue weighted by Crippen LogP contribution is -2.27. The summed E-state index contributed by atoms with van der Waals surface area (Å²) in [7, 11) is 2.08. The van der Waals surface area contributed by atoms with Gasteiger partial charge >= 0.3 is 0 Å². The number of likely N-dealkylation sites (N-methyl/N-ethyl adjacent to an activating group) is 1. The van der Waals surface area contributed by atoms with Crippen molar-refractivity contribution in [2.24, 2.45) is 5.18 Å². The van der Waals surface area contributed by atoms with Gasteiger partial charge in [-0.1, -0.05) is 24.3 Å². The molecule has 5 nitrogen and oxygen atoms in total. The molecule has 0 fully saturated rings. The number of nitrogens with zero attached hydrogens (tertiary/aromatic N) is 2. The summed E-state index contributed by atoms with van der Waals surface area (Å²) in [5.74, 6) is -0.155. The minimum atomic E-state index is -0.155. The molecule has 0 amide bonds. The van der Waals surface area contributed by atoms with Gasteiger partial charge in [0.25, 0.3) is 0 Å². The van der Waals surface area contributed by atoms with Crippen molar-refractivity contribution in [3.8, 4) is 17.0 Å². The van der Waals surface area contributed by atoms with E-state index in [4.69, 9.17) is 0 Å². The van der Waals surface area contributed by atoms with Gasteiger partial charge in [0.05, 0.1) is 5.52 Å². The molecule has 0 atom stereocenters. The smallest absolute Gasteiger partial charge is 0.219 e. The second-order valence-corrected chi connectivity index (χ2v) is 6.52. The van der Waals surface area contributed by atoms with Crippen molar-refractivity contribution in [1.82, 2.24) is 9.88 Å². The van der Waals surface area contributed by atoms with Crippen molar-refractivity contribution in [3.05, 3.63) is 51.9 Å². The lowest BCUT2D eigenvalue weighted by molar-refractivity contribution is 0.314. The predicted octanol–water partition coefficient (Wildman–Crippen LogP) is 4.23. The molecule has 2 heterocycles. The maximum atomic E-state index is 11.2. The number of aryl methyl sites for hydroxylation is 1. The highest BCUT2D eigenvalue weighted by atomic mass is 16.3. The summed E-state index contributed by atoms with van der Waals surface area (Å²) in [6.45, 7) is 3.86. The first kappa shape index (κ1) is 14.9. The van der Waals surface area contributed by atoms with Gasteiger partial charge in [0, 0.05) is 18.5 Å². The van der Waals surface area contributed by atoms with Crippen LogP contribution in [0.5, 0.6) is 5.88 Å². The van der Waals surface area contributed by atoms with Crippen LogP contribution < -0.4 is 0 Å². The van der Waals surface area contributed by atoms with E-state index >= 15 is 0 Å². The van der Waals surface area contributed by atoms with Crippen LogP contribution in [0.25, 0.3) is 22.0 Å². The molecule has 0 aliphatic carbocycles. The minimum absolute atomic E-state index is 0.0934. The SMILES string of the molecule is Cc1ccccc1-c1cc2c(N=O)c(O)[nH]c2c2c1CCN(C)C2. The van der Waals surface area contributed by atoms with E-state index in [-0.39, 0.29) is 11.6 Å². The summed E-state index contributed by atoms with van der Waals surface area (Å²) in [6.07, 6.45) is 0.940. The van der Waals surface area contributed by atoms with E-state index in [1.165, 1.54) is 11.1 Å². The number of aromatic hydroxyl groups is 1. The number of nitrogens with one attached hydrogen (secondary N) is 1. The van der Waals surface area contributed by atoms with Gasteiger partial charge < -0.3 is 15.0 Å². The van der Waals surface area contributed by atoms with Crippen molar-refractivity contribution in [2.45, 2.75) is 19.9 Å². The average Bonchev–Trinajstić information content (AvgIpc) is 2.90. The molecule has 2 aromatic carbocycles. The molecule has 3 aromatic rings. The molecule has 0 spiro atoms. The van der Waals surface area contributed by atoms with Crippen LogP contribution in [0, 0.1) is 11.8 Å².